The molecule has 0 saturated heterocycles. The minimum Gasteiger partial charge on any atom is -0.347 e. The van der Waals surface area contributed by atoms with Gasteiger partial charge in [-0.1, -0.05) is 6.58 Å². The third-order valence-electron chi connectivity index (χ3n) is 3.27. The van der Waals surface area contributed by atoms with Crippen LogP contribution in [0, 0.1) is 0 Å². The van der Waals surface area contributed by atoms with Crippen molar-refractivity contribution in [2.45, 2.75) is 27.7 Å². The van der Waals surface area contributed by atoms with Gasteiger partial charge in [-0.15, -0.1) is 0 Å². The summed E-state index contributed by atoms with van der Waals surface area (Å²) in [6.07, 6.45) is 0. The number of carbonyl (C=O) groups excluding carboxylic acids is 1. The first-order valence-electron chi connectivity index (χ1n) is 5.80. The molecule has 0 spiro atoms. The number of nitrogens with zero attached hydrogens (tertiary/aromatic N) is 1. The molecule has 0 unspecified atom stereocenters. The van der Waals surface area contributed by atoms with E-state index < -0.39 is 0 Å². The number of nitrogens with one attached hydrogen (secondary N) is 1. The zero-order chi connectivity index (χ0) is 11.9. The lowest BCUT2D eigenvalue weighted by Gasteiger charge is -2.35. The SMILES string of the molecule is C=C(C)C(=O)NCC[N+](CC)(CC)CC. The van der Waals surface area contributed by atoms with Crippen LogP contribution in [0.4, 0.5) is 0 Å². The molecule has 0 aromatic heterocycles. The van der Waals surface area contributed by atoms with Crippen molar-refractivity contribution in [3.63, 3.8) is 0 Å². The van der Waals surface area contributed by atoms with Crippen LogP contribution < -0.4 is 5.32 Å². The number of hydrogen-bond acceptors (Lipinski definition) is 1. The highest BCUT2D eigenvalue weighted by Crippen LogP contribution is 2.04. The molecule has 88 valence electrons. The fraction of sp³-hybridized carbons (Fsp3) is 0.750. The van der Waals surface area contributed by atoms with Gasteiger partial charge >= 0.3 is 0 Å². The van der Waals surface area contributed by atoms with Gasteiger partial charge in [0.15, 0.2) is 0 Å². The molecule has 0 rings (SSSR count). The number of rotatable bonds is 7. The predicted octanol–water partition coefficient (Wildman–Crippen LogP) is 1.56. The van der Waals surface area contributed by atoms with E-state index in [4.69, 9.17) is 0 Å². The van der Waals surface area contributed by atoms with Gasteiger partial charge < -0.3 is 9.80 Å². The van der Waals surface area contributed by atoms with Crippen LogP contribution in [0.5, 0.6) is 0 Å². The zero-order valence-corrected chi connectivity index (χ0v) is 10.6. The molecule has 0 heterocycles. The molecule has 3 nitrogen and oxygen atoms in total. The van der Waals surface area contributed by atoms with E-state index in [1.165, 1.54) is 0 Å². The van der Waals surface area contributed by atoms with Crippen molar-refractivity contribution < 1.29 is 9.28 Å². The van der Waals surface area contributed by atoms with E-state index in [9.17, 15) is 4.79 Å². The Bertz CT molecular complexity index is 211. The Kier molecular flexibility index (Phi) is 6.25. The Hall–Kier alpha value is -0.830. The standard InChI is InChI=1S/C12H24N2O/c1-6-14(7-2,8-3)10-9-13-12(15)11(4)5/h4,6-10H2,1-3,5H3/p+1. The van der Waals surface area contributed by atoms with Gasteiger partial charge in [0.05, 0.1) is 32.7 Å². The third-order valence-corrected chi connectivity index (χ3v) is 3.27. The molecule has 0 radical (unpaired) electrons. The lowest BCUT2D eigenvalue weighted by molar-refractivity contribution is -0.922. The van der Waals surface area contributed by atoms with Gasteiger partial charge in [0, 0.05) is 5.57 Å². The zero-order valence-electron chi connectivity index (χ0n) is 10.6. The molecule has 0 saturated carbocycles. The maximum Gasteiger partial charge on any atom is 0.246 e. The number of carbonyl (C=O) groups is 1. The minimum atomic E-state index is -0.0311. The Morgan fingerprint density at radius 3 is 2.00 bits per heavy atom. The van der Waals surface area contributed by atoms with Crippen LogP contribution in [0.25, 0.3) is 0 Å². The average molecular weight is 213 g/mol. The first-order chi connectivity index (χ1) is 7.01. The smallest absolute Gasteiger partial charge is 0.246 e. The van der Waals surface area contributed by atoms with Crippen LogP contribution in [0.2, 0.25) is 0 Å². The van der Waals surface area contributed by atoms with Gasteiger partial charge in [-0.25, -0.2) is 0 Å². The van der Waals surface area contributed by atoms with Gasteiger partial charge in [0.25, 0.3) is 0 Å². The number of likely N-dealkylation sites (N-methyl/N-ethyl adjacent to an activating group) is 1. The summed E-state index contributed by atoms with van der Waals surface area (Å²) in [5.74, 6) is -0.0311. The molecule has 1 N–H and O–H groups in total. The molecule has 15 heavy (non-hydrogen) atoms. The van der Waals surface area contributed by atoms with E-state index in [0.717, 1.165) is 37.2 Å². The first-order valence-corrected chi connectivity index (χ1v) is 5.80. The Morgan fingerprint density at radius 1 is 1.20 bits per heavy atom. The van der Waals surface area contributed by atoms with E-state index in [1.807, 2.05) is 0 Å². The second-order valence-corrected chi connectivity index (χ2v) is 4.05. The second kappa shape index (κ2) is 6.62. The largest absolute Gasteiger partial charge is 0.347 e. The van der Waals surface area contributed by atoms with Crippen molar-refractivity contribution >= 4 is 5.91 Å². The van der Waals surface area contributed by atoms with Crippen LogP contribution in [-0.2, 0) is 4.79 Å². The summed E-state index contributed by atoms with van der Waals surface area (Å²) in [5, 5.41) is 2.89. The summed E-state index contributed by atoms with van der Waals surface area (Å²) in [6, 6.07) is 0. The van der Waals surface area contributed by atoms with Gasteiger partial charge in [-0.05, 0) is 27.7 Å². The van der Waals surface area contributed by atoms with Crippen molar-refractivity contribution in [1.82, 2.24) is 5.32 Å². The van der Waals surface area contributed by atoms with E-state index in [2.05, 4.69) is 32.7 Å². The maximum atomic E-state index is 11.3. The van der Waals surface area contributed by atoms with Crippen molar-refractivity contribution in [3.8, 4) is 0 Å². The summed E-state index contributed by atoms with van der Waals surface area (Å²) in [6.45, 7) is 17.1. The Morgan fingerprint density at radius 2 is 1.67 bits per heavy atom. The summed E-state index contributed by atoms with van der Waals surface area (Å²) < 4.78 is 1.07. The molecular formula is C12H25N2O+. The van der Waals surface area contributed by atoms with Crippen molar-refractivity contribution in [1.29, 1.82) is 0 Å². The maximum absolute atomic E-state index is 11.3. The number of quaternary nitrogens is 1. The van der Waals surface area contributed by atoms with Crippen LogP contribution >= 0.6 is 0 Å². The second-order valence-electron chi connectivity index (χ2n) is 4.05. The molecule has 0 bridgehead atoms. The molecule has 0 fully saturated rings. The lowest BCUT2D eigenvalue weighted by atomic mass is 10.3. The molecule has 0 aliphatic heterocycles. The van der Waals surface area contributed by atoms with Crippen LogP contribution in [0.1, 0.15) is 27.7 Å². The minimum absolute atomic E-state index is 0.0311. The van der Waals surface area contributed by atoms with Crippen LogP contribution in [-0.4, -0.2) is 43.1 Å². The molecule has 0 aliphatic rings. The molecule has 0 aromatic rings. The number of amides is 1. The predicted molar refractivity (Wildman–Crippen MR) is 64.6 cm³/mol. The molecule has 0 atom stereocenters. The normalized spacial score (nSPS) is 11.2. The topological polar surface area (TPSA) is 29.1 Å². The fourth-order valence-corrected chi connectivity index (χ4v) is 1.70. The molecule has 1 amide bonds. The van der Waals surface area contributed by atoms with Crippen molar-refractivity contribution in [3.05, 3.63) is 12.2 Å². The summed E-state index contributed by atoms with van der Waals surface area (Å²) in [4.78, 5) is 11.3. The quantitative estimate of drug-likeness (QED) is 0.504. The van der Waals surface area contributed by atoms with E-state index in [1.54, 1.807) is 6.92 Å². The van der Waals surface area contributed by atoms with E-state index in [0.29, 0.717) is 5.57 Å². The molecule has 0 aromatic carbocycles. The van der Waals surface area contributed by atoms with Crippen LogP contribution in [0.15, 0.2) is 12.2 Å². The number of hydrogen-bond donors (Lipinski definition) is 1. The molecular weight excluding hydrogens is 188 g/mol. The fourth-order valence-electron chi connectivity index (χ4n) is 1.70. The van der Waals surface area contributed by atoms with Gasteiger partial charge in [0.1, 0.15) is 0 Å². The first kappa shape index (κ1) is 14.2. The highest BCUT2D eigenvalue weighted by Gasteiger charge is 2.20. The molecule has 3 heteroatoms. The molecule has 0 aliphatic carbocycles. The summed E-state index contributed by atoms with van der Waals surface area (Å²) >= 11 is 0. The van der Waals surface area contributed by atoms with Gasteiger partial charge in [-0.2, -0.15) is 0 Å². The van der Waals surface area contributed by atoms with Gasteiger partial charge in [0.2, 0.25) is 5.91 Å². The summed E-state index contributed by atoms with van der Waals surface area (Å²) in [7, 11) is 0. The average Bonchev–Trinajstić information content (AvgIpc) is 2.24. The highest BCUT2D eigenvalue weighted by atomic mass is 16.1. The lowest BCUT2D eigenvalue weighted by Crippen LogP contribution is -2.51. The monoisotopic (exact) mass is 213 g/mol. The van der Waals surface area contributed by atoms with Crippen LogP contribution in [0.3, 0.4) is 0 Å². The van der Waals surface area contributed by atoms with Crippen molar-refractivity contribution in [2.24, 2.45) is 0 Å². The van der Waals surface area contributed by atoms with E-state index >= 15 is 0 Å². The van der Waals surface area contributed by atoms with Gasteiger partial charge in [-0.3, -0.25) is 4.79 Å². The Balaban J connectivity index is 4.02. The van der Waals surface area contributed by atoms with Crippen molar-refractivity contribution in [2.75, 3.05) is 32.7 Å². The Labute approximate surface area is 93.7 Å². The summed E-state index contributed by atoms with van der Waals surface area (Å²) in [5.41, 5.74) is 0.581. The highest BCUT2D eigenvalue weighted by molar-refractivity contribution is 5.91. The third kappa shape index (κ3) is 4.47. The van der Waals surface area contributed by atoms with E-state index in [-0.39, 0.29) is 5.91 Å².